The van der Waals surface area contributed by atoms with Crippen molar-refractivity contribution in [3.05, 3.63) is 71.8 Å². The van der Waals surface area contributed by atoms with Gasteiger partial charge in [-0.1, -0.05) is 68.1 Å². The Morgan fingerprint density at radius 2 is 1.50 bits per heavy atom. The summed E-state index contributed by atoms with van der Waals surface area (Å²) in [6.45, 7) is 6.32. The van der Waals surface area contributed by atoms with E-state index in [0.29, 0.717) is 0 Å². The first-order valence-electron chi connectivity index (χ1n) is 9.08. The van der Waals surface area contributed by atoms with Gasteiger partial charge in [-0.2, -0.15) is 0 Å². The fourth-order valence-corrected chi connectivity index (χ4v) is 3.35. The van der Waals surface area contributed by atoms with Crippen LogP contribution in [0, 0.1) is 0 Å². The lowest BCUT2D eigenvalue weighted by Gasteiger charge is -2.34. The van der Waals surface area contributed by atoms with E-state index in [-0.39, 0.29) is 19.5 Å². The van der Waals surface area contributed by atoms with E-state index in [4.69, 9.17) is 4.74 Å². The molecule has 1 aliphatic heterocycles. The van der Waals surface area contributed by atoms with E-state index in [1.54, 1.807) is 0 Å². The summed E-state index contributed by atoms with van der Waals surface area (Å²) in [5, 5.41) is 14.6. The predicted molar refractivity (Wildman–Crippen MR) is 107 cm³/mol. The third kappa shape index (κ3) is 5.64. The molecule has 26 heavy (non-hydrogen) atoms. The monoisotopic (exact) mass is 356 g/mol. The van der Waals surface area contributed by atoms with Crippen LogP contribution in [0.4, 0.5) is 0 Å². The molecule has 0 saturated carbocycles. The number of benzene rings is 2. The minimum absolute atomic E-state index is 0. The number of rotatable bonds is 7. The first kappa shape index (κ1) is 20.6. The Morgan fingerprint density at radius 3 is 2.08 bits per heavy atom. The molecule has 0 aromatic heterocycles. The highest BCUT2D eigenvalue weighted by atomic mass is 16.5. The van der Waals surface area contributed by atoms with Crippen molar-refractivity contribution >= 4 is 0 Å². The lowest BCUT2D eigenvalue weighted by Crippen LogP contribution is -2.48. The fourth-order valence-electron chi connectivity index (χ4n) is 3.35. The van der Waals surface area contributed by atoms with Crippen LogP contribution in [0.2, 0.25) is 0 Å². The standard InChI is InChI=1S/C21H28N2O2.CH4/c1-17(18-8-4-2-5-9-18)22-20(16-23-12-14-25-15-13-23)21(24)19-10-6-3-7-11-19;/h2-11,17,20-22,24H,12-16H2,1H3;1H4/t17-,20?,21+;/m0./s1. The molecule has 0 spiro atoms. The molecule has 4 heteroatoms. The van der Waals surface area contributed by atoms with Gasteiger partial charge in [0.25, 0.3) is 0 Å². The second-order valence-electron chi connectivity index (χ2n) is 6.67. The van der Waals surface area contributed by atoms with Crippen molar-refractivity contribution in [2.75, 3.05) is 32.8 Å². The van der Waals surface area contributed by atoms with E-state index in [1.165, 1.54) is 5.56 Å². The Bertz CT molecular complexity index is 615. The molecular formula is C22H32N2O2. The topological polar surface area (TPSA) is 44.7 Å². The zero-order valence-electron chi connectivity index (χ0n) is 14.8. The molecule has 2 N–H and O–H groups in total. The highest BCUT2D eigenvalue weighted by molar-refractivity contribution is 5.21. The number of morpholine rings is 1. The third-order valence-electron chi connectivity index (χ3n) is 4.84. The van der Waals surface area contributed by atoms with Gasteiger partial charge in [0.2, 0.25) is 0 Å². The normalized spacial score (nSPS) is 18.5. The van der Waals surface area contributed by atoms with Crippen LogP contribution in [0.5, 0.6) is 0 Å². The van der Waals surface area contributed by atoms with Gasteiger partial charge in [0.1, 0.15) is 0 Å². The number of nitrogens with one attached hydrogen (secondary N) is 1. The Balaban J connectivity index is 0.00000243. The molecule has 0 radical (unpaired) electrons. The molecule has 0 aliphatic carbocycles. The smallest absolute Gasteiger partial charge is 0.0955 e. The fraction of sp³-hybridized carbons (Fsp3) is 0.455. The second kappa shape index (κ2) is 10.4. The molecule has 142 valence electrons. The number of hydrogen-bond acceptors (Lipinski definition) is 4. The van der Waals surface area contributed by atoms with Gasteiger partial charge in [0.05, 0.1) is 25.4 Å². The number of nitrogens with zero attached hydrogens (tertiary/aromatic N) is 1. The average molecular weight is 357 g/mol. The van der Waals surface area contributed by atoms with Crippen LogP contribution in [-0.4, -0.2) is 48.9 Å². The van der Waals surface area contributed by atoms with Gasteiger partial charge in [0, 0.05) is 25.7 Å². The number of aliphatic hydroxyl groups is 1. The van der Waals surface area contributed by atoms with Gasteiger partial charge in [-0.25, -0.2) is 0 Å². The Labute approximate surface area is 157 Å². The predicted octanol–water partition coefficient (Wildman–Crippen LogP) is 3.41. The summed E-state index contributed by atoms with van der Waals surface area (Å²) in [6.07, 6.45) is -0.546. The van der Waals surface area contributed by atoms with Crippen molar-refractivity contribution in [1.82, 2.24) is 10.2 Å². The SMILES string of the molecule is C.C[C@H](NC(CN1CCOCC1)[C@H](O)c1ccccc1)c1ccccc1. The first-order valence-corrected chi connectivity index (χ1v) is 9.08. The van der Waals surface area contributed by atoms with Crippen molar-refractivity contribution in [3.8, 4) is 0 Å². The van der Waals surface area contributed by atoms with Gasteiger partial charge in [-0.3, -0.25) is 4.90 Å². The Hall–Kier alpha value is -1.72. The molecule has 1 fully saturated rings. The van der Waals surface area contributed by atoms with Gasteiger partial charge in [0.15, 0.2) is 0 Å². The minimum Gasteiger partial charge on any atom is -0.387 e. The summed E-state index contributed by atoms with van der Waals surface area (Å²) in [5.74, 6) is 0. The van der Waals surface area contributed by atoms with E-state index < -0.39 is 6.10 Å². The molecule has 0 amide bonds. The molecule has 1 unspecified atom stereocenters. The molecule has 0 bridgehead atoms. The lowest BCUT2D eigenvalue weighted by atomic mass is 9.99. The Kier molecular flexibility index (Phi) is 8.26. The molecule has 3 atom stereocenters. The van der Waals surface area contributed by atoms with Crippen molar-refractivity contribution in [2.45, 2.75) is 32.5 Å². The van der Waals surface area contributed by atoms with Crippen LogP contribution in [0.15, 0.2) is 60.7 Å². The maximum atomic E-state index is 11.0. The van der Waals surface area contributed by atoms with Crippen molar-refractivity contribution < 1.29 is 9.84 Å². The van der Waals surface area contributed by atoms with Crippen LogP contribution in [-0.2, 0) is 4.74 Å². The largest absolute Gasteiger partial charge is 0.387 e. The summed E-state index contributed by atoms with van der Waals surface area (Å²) in [5.41, 5.74) is 2.18. The van der Waals surface area contributed by atoms with E-state index >= 15 is 0 Å². The highest BCUT2D eigenvalue weighted by Gasteiger charge is 2.26. The molecule has 3 rings (SSSR count). The maximum Gasteiger partial charge on any atom is 0.0955 e. The van der Waals surface area contributed by atoms with Crippen LogP contribution in [0.25, 0.3) is 0 Å². The van der Waals surface area contributed by atoms with Crippen molar-refractivity contribution in [2.24, 2.45) is 0 Å². The average Bonchev–Trinajstić information content (AvgIpc) is 2.69. The third-order valence-corrected chi connectivity index (χ3v) is 4.84. The zero-order valence-corrected chi connectivity index (χ0v) is 14.8. The summed E-state index contributed by atoms with van der Waals surface area (Å²) < 4.78 is 5.45. The summed E-state index contributed by atoms with van der Waals surface area (Å²) in [6, 6.07) is 20.4. The quantitative estimate of drug-likeness (QED) is 0.798. The molecule has 2 aromatic rings. The van der Waals surface area contributed by atoms with E-state index in [9.17, 15) is 5.11 Å². The van der Waals surface area contributed by atoms with Crippen LogP contribution in [0.1, 0.15) is 37.6 Å². The molecule has 2 aromatic carbocycles. The van der Waals surface area contributed by atoms with Gasteiger partial charge in [-0.15, -0.1) is 0 Å². The lowest BCUT2D eigenvalue weighted by molar-refractivity contribution is 0.0188. The minimum atomic E-state index is -0.546. The maximum absolute atomic E-state index is 11.0. The molecule has 1 saturated heterocycles. The van der Waals surface area contributed by atoms with E-state index in [0.717, 1.165) is 38.4 Å². The van der Waals surface area contributed by atoms with Crippen LogP contribution < -0.4 is 5.32 Å². The van der Waals surface area contributed by atoms with Gasteiger partial charge < -0.3 is 15.2 Å². The van der Waals surface area contributed by atoms with E-state index in [2.05, 4.69) is 41.4 Å². The highest BCUT2D eigenvalue weighted by Crippen LogP contribution is 2.21. The van der Waals surface area contributed by atoms with Gasteiger partial charge in [-0.05, 0) is 18.1 Å². The summed E-state index contributed by atoms with van der Waals surface area (Å²) >= 11 is 0. The number of ether oxygens (including phenoxy) is 1. The number of hydrogen-bond donors (Lipinski definition) is 2. The summed E-state index contributed by atoms with van der Waals surface area (Å²) in [4.78, 5) is 2.37. The number of aliphatic hydroxyl groups excluding tert-OH is 1. The zero-order chi connectivity index (χ0) is 17.5. The van der Waals surface area contributed by atoms with Crippen molar-refractivity contribution in [3.63, 3.8) is 0 Å². The molecule has 1 aliphatic rings. The van der Waals surface area contributed by atoms with Crippen molar-refractivity contribution in [1.29, 1.82) is 0 Å². The summed E-state index contributed by atoms with van der Waals surface area (Å²) in [7, 11) is 0. The van der Waals surface area contributed by atoms with Crippen LogP contribution in [0.3, 0.4) is 0 Å². The molecule has 4 nitrogen and oxygen atoms in total. The second-order valence-corrected chi connectivity index (χ2v) is 6.67. The van der Waals surface area contributed by atoms with E-state index in [1.807, 2.05) is 36.4 Å². The molecular weight excluding hydrogens is 324 g/mol. The molecule has 1 heterocycles. The Morgan fingerprint density at radius 1 is 0.962 bits per heavy atom. The van der Waals surface area contributed by atoms with Gasteiger partial charge >= 0.3 is 0 Å². The van der Waals surface area contributed by atoms with Crippen LogP contribution >= 0.6 is 0 Å². The first-order chi connectivity index (χ1) is 12.2.